The van der Waals surface area contributed by atoms with Crippen LogP contribution in [-0.2, 0) is 11.3 Å². The Labute approximate surface area is 129 Å². The van der Waals surface area contributed by atoms with E-state index in [-0.39, 0.29) is 5.38 Å². The van der Waals surface area contributed by atoms with Crippen molar-refractivity contribution in [2.24, 2.45) is 0 Å². The molecule has 20 heavy (non-hydrogen) atoms. The molecule has 5 heteroatoms. The highest BCUT2D eigenvalue weighted by Crippen LogP contribution is 2.29. The molecule has 3 nitrogen and oxygen atoms in total. The van der Waals surface area contributed by atoms with Crippen LogP contribution in [0.4, 0.5) is 0 Å². The number of imidazole rings is 1. The van der Waals surface area contributed by atoms with Gasteiger partial charge in [-0.15, -0.1) is 11.6 Å². The van der Waals surface area contributed by atoms with E-state index in [4.69, 9.17) is 27.9 Å². The second kappa shape index (κ2) is 7.30. The molecule has 0 saturated carbocycles. The van der Waals surface area contributed by atoms with Crippen molar-refractivity contribution in [1.82, 2.24) is 9.55 Å². The van der Waals surface area contributed by atoms with Gasteiger partial charge in [0.05, 0.1) is 21.4 Å². The highest BCUT2D eigenvalue weighted by Gasteiger charge is 2.16. The van der Waals surface area contributed by atoms with Crippen molar-refractivity contribution in [3.63, 3.8) is 0 Å². The predicted molar refractivity (Wildman–Crippen MR) is 84.7 cm³/mol. The van der Waals surface area contributed by atoms with Crippen molar-refractivity contribution in [2.75, 3.05) is 13.2 Å². The molecule has 0 aliphatic rings. The lowest BCUT2D eigenvalue weighted by Gasteiger charge is -2.11. The van der Waals surface area contributed by atoms with E-state index in [0.29, 0.717) is 5.02 Å². The Bertz CT molecular complexity index is 566. The van der Waals surface area contributed by atoms with Gasteiger partial charge in [0, 0.05) is 19.8 Å². The summed E-state index contributed by atoms with van der Waals surface area (Å²) in [7, 11) is 0. The summed E-state index contributed by atoms with van der Waals surface area (Å²) in [5, 5.41) is 0.572. The number of aryl methyl sites for hydroxylation is 1. The molecule has 1 unspecified atom stereocenters. The lowest BCUT2D eigenvalue weighted by Crippen LogP contribution is -2.07. The molecular weight excluding hydrogens is 295 g/mol. The molecule has 0 saturated heterocycles. The van der Waals surface area contributed by atoms with Gasteiger partial charge in [-0.25, -0.2) is 4.98 Å². The summed E-state index contributed by atoms with van der Waals surface area (Å²) in [5.74, 6) is 0.866. The normalized spacial score (nSPS) is 13.0. The van der Waals surface area contributed by atoms with E-state index >= 15 is 0 Å². The minimum Gasteiger partial charge on any atom is -0.381 e. The molecule has 0 spiro atoms. The van der Waals surface area contributed by atoms with E-state index in [0.717, 1.165) is 49.5 Å². The number of ether oxygens (including phenoxy) is 1. The zero-order valence-corrected chi connectivity index (χ0v) is 13.4. The number of aromatic nitrogens is 2. The van der Waals surface area contributed by atoms with Gasteiger partial charge in [0.1, 0.15) is 5.82 Å². The van der Waals surface area contributed by atoms with Gasteiger partial charge in [-0.05, 0) is 31.9 Å². The molecule has 1 atom stereocenters. The van der Waals surface area contributed by atoms with Gasteiger partial charge in [-0.2, -0.15) is 0 Å². The van der Waals surface area contributed by atoms with Crippen LogP contribution in [0.25, 0.3) is 11.0 Å². The summed E-state index contributed by atoms with van der Waals surface area (Å²) in [5.41, 5.74) is 1.86. The van der Waals surface area contributed by atoms with Gasteiger partial charge in [0.25, 0.3) is 0 Å². The van der Waals surface area contributed by atoms with Crippen LogP contribution in [0.2, 0.25) is 5.02 Å². The van der Waals surface area contributed by atoms with Gasteiger partial charge in [0.15, 0.2) is 0 Å². The number of rotatable bonds is 7. The first-order valence-electron chi connectivity index (χ1n) is 7.01. The average molecular weight is 315 g/mol. The third kappa shape index (κ3) is 3.46. The molecule has 1 aromatic heterocycles. The lowest BCUT2D eigenvalue weighted by atomic mass is 10.3. The average Bonchev–Trinajstić information content (AvgIpc) is 2.79. The fourth-order valence-corrected chi connectivity index (χ4v) is 2.70. The van der Waals surface area contributed by atoms with Gasteiger partial charge < -0.3 is 9.30 Å². The van der Waals surface area contributed by atoms with E-state index in [9.17, 15) is 0 Å². The van der Waals surface area contributed by atoms with E-state index in [1.807, 2.05) is 25.1 Å². The van der Waals surface area contributed by atoms with Gasteiger partial charge >= 0.3 is 0 Å². The van der Waals surface area contributed by atoms with Crippen LogP contribution in [0.5, 0.6) is 0 Å². The zero-order chi connectivity index (χ0) is 14.5. The molecular formula is C15H20Cl2N2O. The molecule has 2 aromatic rings. The summed E-state index contributed by atoms with van der Waals surface area (Å²) in [4.78, 5) is 4.59. The maximum atomic E-state index is 6.31. The highest BCUT2D eigenvalue weighted by atomic mass is 35.5. The van der Waals surface area contributed by atoms with Gasteiger partial charge in [-0.3, -0.25) is 0 Å². The quantitative estimate of drug-likeness (QED) is 0.542. The van der Waals surface area contributed by atoms with Gasteiger partial charge in [0.2, 0.25) is 0 Å². The summed E-state index contributed by atoms with van der Waals surface area (Å²) < 4.78 is 7.64. The summed E-state index contributed by atoms with van der Waals surface area (Å²) in [6, 6.07) is 5.77. The first-order valence-corrected chi connectivity index (χ1v) is 7.83. The Hall–Kier alpha value is -0.770. The van der Waals surface area contributed by atoms with Crippen LogP contribution >= 0.6 is 23.2 Å². The lowest BCUT2D eigenvalue weighted by molar-refractivity contribution is 0.129. The van der Waals surface area contributed by atoms with Crippen LogP contribution in [-0.4, -0.2) is 22.8 Å². The second-order valence-corrected chi connectivity index (χ2v) is 5.87. The Morgan fingerprint density at radius 2 is 2.15 bits per heavy atom. The number of nitrogens with zero attached hydrogens (tertiary/aromatic N) is 2. The summed E-state index contributed by atoms with van der Waals surface area (Å²) in [6.45, 7) is 6.41. The topological polar surface area (TPSA) is 27.1 Å². The largest absolute Gasteiger partial charge is 0.381 e. The summed E-state index contributed by atoms with van der Waals surface area (Å²) >= 11 is 12.5. The molecule has 0 aliphatic carbocycles. The molecule has 110 valence electrons. The minimum absolute atomic E-state index is 0.143. The number of halogens is 2. The smallest absolute Gasteiger partial charge is 0.127 e. The van der Waals surface area contributed by atoms with Crippen molar-refractivity contribution < 1.29 is 4.74 Å². The summed E-state index contributed by atoms with van der Waals surface area (Å²) in [6.07, 6.45) is 1.97. The SMILES string of the molecule is CCCOCCCn1c(C(C)Cl)nc2cccc(Cl)c21. The van der Waals surface area contributed by atoms with Crippen molar-refractivity contribution in [2.45, 2.75) is 38.6 Å². The number of hydrogen-bond acceptors (Lipinski definition) is 2. The standard InChI is InChI=1S/C15H20Cl2N2O/c1-3-9-20-10-5-8-19-14-12(17)6-4-7-13(14)18-15(19)11(2)16/h4,6-7,11H,3,5,8-10H2,1-2H3. The van der Waals surface area contributed by atoms with E-state index in [2.05, 4.69) is 16.5 Å². The molecule has 0 amide bonds. The van der Waals surface area contributed by atoms with Crippen LogP contribution in [0.15, 0.2) is 18.2 Å². The Morgan fingerprint density at radius 3 is 2.85 bits per heavy atom. The predicted octanol–water partition coefficient (Wildman–Crippen LogP) is 4.81. The van der Waals surface area contributed by atoms with Crippen molar-refractivity contribution >= 4 is 34.2 Å². The molecule has 0 N–H and O–H groups in total. The van der Waals surface area contributed by atoms with Crippen molar-refractivity contribution in [1.29, 1.82) is 0 Å². The maximum absolute atomic E-state index is 6.31. The molecule has 2 rings (SSSR count). The first-order chi connectivity index (χ1) is 9.65. The molecule has 1 aromatic carbocycles. The second-order valence-electron chi connectivity index (χ2n) is 4.81. The minimum atomic E-state index is -0.143. The fraction of sp³-hybridized carbons (Fsp3) is 0.533. The number of alkyl halides is 1. The molecule has 0 bridgehead atoms. The fourth-order valence-electron chi connectivity index (χ4n) is 2.26. The zero-order valence-electron chi connectivity index (χ0n) is 11.9. The van der Waals surface area contributed by atoms with Crippen LogP contribution in [0, 0.1) is 0 Å². The first kappa shape index (κ1) is 15.6. The highest BCUT2D eigenvalue weighted by molar-refractivity contribution is 6.35. The number of fused-ring (bicyclic) bond motifs is 1. The van der Waals surface area contributed by atoms with Gasteiger partial charge in [-0.1, -0.05) is 24.6 Å². The Morgan fingerprint density at radius 1 is 1.35 bits per heavy atom. The number of benzene rings is 1. The monoisotopic (exact) mass is 314 g/mol. The molecule has 0 aliphatic heterocycles. The van der Waals surface area contributed by atoms with Crippen molar-refractivity contribution in [3.05, 3.63) is 29.0 Å². The Balaban J connectivity index is 2.22. The van der Waals surface area contributed by atoms with Crippen LogP contribution in [0.3, 0.4) is 0 Å². The molecule has 1 heterocycles. The van der Waals surface area contributed by atoms with Crippen LogP contribution < -0.4 is 0 Å². The molecule has 0 radical (unpaired) electrons. The third-order valence-electron chi connectivity index (χ3n) is 3.12. The van der Waals surface area contributed by atoms with Crippen LogP contribution in [0.1, 0.15) is 37.9 Å². The molecule has 0 fully saturated rings. The number of hydrogen-bond donors (Lipinski definition) is 0. The van der Waals surface area contributed by atoms with E-state index in [1.54, 1.807) is 0 Å². The van der Waals surface area contributed by atoms with E-state index < -0.39 is 0 Å². The van der Waals surface area contributed by atoms with Crippen molar-refractivity contribution in [3.8, 4) is 0 Å². The van der Waals surface area contributed by atoms with E-state index in [1.165, 1.54) is 0 Å². The Kier molecular flexibility index (Phi) is 5.70. The number of para-hydroxylation sites is 1. The maximum Gasteiger partial charge on any atom is 0.127 e. The third-order valence-corrected chi connectivity index (χ3v) is 3.62.